The molecule has 0 radical (unpaired) electrons. The molecule has 3 rings (SSSR count). The quantitative estimate of drug-likeness (QED) is 0.518. The highest BCUT2D eigenvalue weighted by molar-refractivity contribution is 7.92. The van der Waals surface area contributed by atoms with Gasteiger partial charge in [0.1, 0.15) is 11.5 Å². The van der Waals surface area contributed by atoms with E-state index >= 15 is 0 Å². The maximum Gasteiger partial charge on any atom is 0.265 e. The minimum absolute atomic E-state index is 0.0768. The third-order valence-electron chi connectivity index (χ3n) is 4.27. The molecule has 0 aliphatic heterocycles. The van der Waals surface area contributed by atoms with Crippen LogP contribution in [0.1, 0.15) is 13.8 Å². The molecular weight excluding hydrogens is 416 g/mol. The van der Waals surface area contributed by atoms with E-state index in [0.29, 0.717) is 29.5 Å². The van der Waals surface area contributed by atoms with Crippen molar-refractivity contribution >= 4 is 27.3 Å². The van der Waals surface area contributed by atoms with E-state index in [2.05, 4.69) is 10.0 Å². The van der Waals surface area contributed by atoms with Crippen LogP contribution in [0.15, 0.2) is 83.8 Å². The molecule has 0 fully saturated rings. The summed E-state index contributed by atoms with van der Waals surface area (Å²) in [5.41, 5.74) is 0.890. The summed E-state index contributed by atoms with van der Waals surface area (Å²) in [6.07, 6.45) is -0.716. The van der Waals surface area contributed by atoms with Gasteiger partial charge in [-0.15, -0.1) is 0 Å². The number of hydrogen-bond donors (Lipinski definition) is 2. The summed E-state index contributed by atoms with van der Waals surface area (Å²) < 4.78 is 38.7. The fraction of sp³-hybridized carbons (Fsp3) is 0.174. The van der Waals surface area contributed by atoms with Gasteiger partial charge >= 0.3 is 0 Å². The van der Waals surface area contributed by atoms with Gasteiger partial charge in [0.2, 0.25) is 0 Å². The largest absolute Gasteiger partial charge is 0.494 e. The molecule has 0 aromatic heterocycles. The Bertz CT molecular complexity index is 1100. The second-order valence-electron chi connectivity index (χ2n) is 6.65. The zero-order chi connectivity index (χ0) is 22.3. The average molecular weight is 441 g/mol. The molecule has 0 aliphatic carbocycles. The molecule has 0 bridgehead atoms. The summed E-state index contributed by atoms with van der Waals surface area (Å²) in [5.74, 6) is 0.912. The van der Waals surface area contributed by atoms with Crippen molar-refractivity contribution in [2.24, 2.45) is 0 Å². The van der Waals surface area contributed by atoms with Crippen LogP contribution >= 0.6 is 0 Å². The second-order valence-corrected chi connectivity index (χ2v) is 8.33. The third-order valence-corrected chi connectivity index (χ3v) is 5.67. The Morgan fingerprint density at radius 3 is 2.10 bits per heavy atom. The predicted octanol–water partition coefficient (Wildman–Crippen LogP) is 4.29. The Labute approximate surface area is 182 Å². The summed E-state index contributed by atoms with van der Waals surface area (Å²) in [6, 6.07) is 21.6. The van der Waals surface area contributed by atoms with E-state index in [9.17, 15) is 13.2 Å². The van der Waals surface area contributed by atoms with Gasteiger partial charge in [-0.2, -0.15) is 0 Å². The van der Waals surface area contributed by atoms with Gasteiger partial charge in [0.15, 0.2) is 6.10 Å². The number of para-hydroxylation sites is 1. The van der Waals surface area contributed by atoms with Crippen molar-refractivity contribution in [3.63, 3.8) is 0 Å². The summed E-state index contributed by atoms with van der Waals surface area (Å²) in [7, 11) is -3.77. The van der Waals surface area contributed by atoms with E-state index in [0.717, 1.165) is 0 Å². The van der Waals surface area contributed by atoms with Gasteiger partial charge in [0.05, 0.1) is 11.5 Å². The van der Waals surface area contributed by atoms with Crippen LogP contribution in [0.25, 0.3) is 0 Å². The first-order chi connectivity index (χ1) is 14.9. The first-order valence-corrected chi connectivity index (χ1v) is 11.2. The van der Waals surface area contributed by atoms with E-state index in [4.69, 9.17) is 9.47 Å². The Hall–Kier alpha value is -3.52. The molecule has 0 saturated heterocycles. The number of ether oxygens (including phenoxy) is 2. The summed E-state index contributed by atoms with van der Waals surface area (Å²) in [5, 5.41) is 2.72. The summed E-state index contributed by atoms with van der Waals surface area (Å²) >= 11 is 0. The Kier molecular flexibility index (Phi) is 7.15. The number of amides is 1. The van der Waals surface area contributed by atoms with Crippen molar-refractivity contribution in [2.45, 2.75) is 24.8 Å². The molecule has 7 nitrogen and oxygen atoms in total. The standard InChI is InChI=1S/C23H24N2O5S/c1-3-29-20-13-9-19(10-14-20)25-31(27,28)22-15-11-18(12-16-22)24-23(26)17(2)30-21-7-5-4-6-8-21/h4-17,25H,3H2,1-2H3,(H,24,26)/t17-/m1/s1. The molecule has 2 N–H and O–H groups in total. The van der Waals surface area contributed by atoms with Crippen molar-refractivity contribution in [3.8, 4) is 11.5 Å². The van der Waals surface area contributed by atoms with Gasteiger partial charge in [-0.25, -0.2) is 8.42 Å². The number of carbonyl (C=O) groups is 1. The highest BCUT2D eigenvalue weighted by Gasteiger charge is 2.17. The van der Waals surface area contributed by atoms with Crippen LogP contribution in [0.5, 0.6) is 11.5 Å². The monoisotopic (exact) mass is 440 g/mol. The molecule has 0 aliphatic rings. The van der Waals surface area contributed by atoms with Gasteiger partial charge in [-0.05, 0) is 74.5 Å². The first-order valence-electron chi connectivity index (χ1n) is 9.75. The number of carbonyl (C=O) groups excluding carboxylic acids is 1. The van der Waals surface area contributed by atoms with Gasteiger partial charge < -0.3 is 14.8 Å². The highest BCUT2D eigenvalue weighted by atomic mass is 32.2. The van der Waals surface area contributed by atoms with Crippen molar-refractivity contribution in [1.29, 1.82) is 0 Å². The number of rotatable bonds is 9. The maximum atomic E-state index is 12.6. The van der Waals surface area contributed by atoms with Crippen LogP contribution in [0.3, 0.4) is 0 Å². The second kappa shape index (κ2) is 9.99. The molecule has 0 saturated carbocycles. The minimum Gasteiger partial charge on any atom is -0.494 e. The lowest BCUT2D eigenvalue weighted by Crippen LogP contribution is -2.30. The molecule has 1 amide bonds. The minimum atomic E-state index is -3.77. The van der Waals surface area contributed by atoms with Gasteiger partial charge in [-0.3, -0.25) is 9.52 Å². The Morgan fingerprint density at radius 2 is 1.48 bits per heavy atom. The Balaban J connectivity index is 1.61. The molecule has 1 atom stereocenters. The van der Waals surface area contributed by atoms with E-state index in [-0.39, 0.29) is 10.8 Å². The smallest absolute Gasteiger partial charge is 0.265 e. The van der Waals surface area contributed by atoms with Crippen molar-refractivity contribution in [1.82, 2.24) is 0 Å². The molecule has 0 spiro atoms. The first kappa shape index (κ1) is 22.2. The lowest BCUT2D eigenvalue weighted by Gasteiger charge is -2.15. The topological polar surface area (TPSA) is 93.7 Å². The molecule has 0 heterocycles. The summed E-state index contributed by atoms with van der Waals surface area (Å²) in [4.78, 5) is 12.4. The van der Waals surface area contributed by atoms with Crippen molar-refractivity contribution in [3.05, 3.63) is 78.9 Å². The number of benzene rings is 3. The van der Waals surface area contributed by atoms with Crippen LogP contribution in [-0.2, 0) is 14.8 Å². The SMILES string of the molecule is CCOc1ccc(NS(=O)(=O)c2ccc(NC(=O)[C@@H](C)Oc3ccccc3)cc2)cc1. The average Bonchev–Trinajstić information content (AvgIpc) is 2.76. The van der Waals surface area contributed by atoms with Crippen LogP contribution in [0.2, 0.25) is 0 Å². The molecule has 31 heavy (non-hydrogen) atoms. The van der Waals surface area contributed by atoms with E-state index in [1.54, 1.807) is 43.3 Å². The fourth-order valence-electron chi connectivity index (χ4n) is 2.72. The van der Waals surface area contributed by atoms with Crippen LogP contribution in [0, 0.1) is 0 Å². The van der Waals surface area contributed by atoms with Gasteiger partial charge in [-0.1, -0.05) is 18.2 Å². The number of anilines is 2. The molecule has 3 aromatic rings. The molecule has 3 aromatic carbocycles. The lowest BCUT2D eigenvalue weighted by molar-refractivity contribution is -0.122. The summed E-state index contributed by atoms with van der Waals surface area (Å²) in [6.45, 7) is 4.05. The normalized spacial score (nSPS) is 11.9. The lowest BCUT2D eigenvalue weighted by atomic mass is 10.3. The van der Waals surface area contributed by atoms with Gasteiger partial charge in [0.25, 0.3) is 15.9 Å². The molecule has 0 unspecified atom stereocenters. The van der Waals surface area contributed by atoms with Crippen LogP contribution in [0.4, 0.5) is 11.4 Å². The van der Waals surface area contributed by atoms with E-state index in [1.807, 2.05) is 25.1 Å². The van der Waals surface area contributed by atoms with E-state index in [1.165, 1.54) is 24.3 Å². The van der Waals surface area contributed by atoms with Crippen molar-refractivity contribution < 1.29 is 22.7 Å². The highest BCUT2D eigenvalue weighted by Crippen LogP contribution is 2.21. The molecule has 8 heteroatoms. The maximum absolute atomic E-state index is 12.6. The molecular formula is C23H24N2O5S. The van der Waals surface area contributed by atoms with Crippen LogP contribution in [-0.4, -0.2) is 27.0 Å². The Morgan fingerprint density at radius 1 is 0.871 bits per heavy atom. The fourth-order valence-corrected chi connectivity index (χ4v) is 3.78. The van der Waals surface area contributed by atoms with Crippen molar-refractivity contribution in [2.75, 3.05) is 16.6 Å². The molecule has 162 valence electrons. The predicted molar refractivity (Wildman–Crippen MR) is 120 cm³/mol. The number of nitrogens with one attached hydrogen (secondary N) is 2. The van der Waals surface area contributed by atoms with Gasteiger partial charge in [0, 0.05) is 11.4 Å². The van der Waals surface area contributed by atoms with Crippen LogP contribution < -0.4 is 19.5 Å². The van der Waals surface area contributed by atoms with E-state index < -0.39 is 16.1 Å². The third kappa shape index (κ3) is 6.23. The zero-order valence-corrected chi connectivity index (χ0v) is 18.1. The number of sulfonamides is 1. The number of hydrogen-bond acceptors (Lipinski definition) is 5. The zero-order valence-electron chi connectivity index (χ0n) is 17.2.